The summed E-state index contributed by atoms with van der Waals surface area (Å²) in [6.45, 7) is 1.39. The Morgan fingerprint density at radius 1 is 1.19 bits per heavy atom. The predicted molar refractivity (Wildman–Crippen MR) is 88.2 cm³/mol. The van der Waals surface area contributed by atoms with Gasteiger partial charge in [0.2, 0.25) is 0 Å². The van der Waals surface area contributed by atoms with Gasteiger partial charge in [-0.1, -0.05) is 15.9 Å². The van der Waals surface area contributed by atoms with Gasteiger partial charge in [-0.15, -0.1) is 0 Å². The summed E-state index contributed by atoms with van der Waals surface area (Å²) < 4.78 is 42.2. The van der Waals surface area contributed by atoms with E-state index in [4.69, 9.17) is 5.73 Å². The first kappa shape index (κ1) is 16.3. The summed E-state index contributed by atoms with van der Waals surface area (Å²) in [6, 6.07) is 7.36. The molecular formula is C13H11Br2FN2O2S. The van der Waals surface area contributed by atoms with Crippen LogP contribution in [-0.2, 0) is 10.0 Å². The molecule has 0 aliphatic carbocycles. The van der Waals surface area contributed by atoms with E-state index in [1.807, 2.05) is 0 Å². The highest BCUT2D eigenvalue weighted by Gasteiger charge is 2.21. The molecule has 0 saturated heterocycles. The van der Waals surface area contributed by atoms with Crippen LogP contribution < -0.4 is 10.5 Å². The number of hydrogen-bond donors (Lipinski definition) is 2. The van der Waals surface area contributed by atoms with Crippen molar-refractivity contribution in [3.63, 3.8) is 0 Å². The maximum Gasteiger partial charge on any atom is 0.262 e. The van der Waals surface area contributed by atoms with Gasteiger partial charge >= 0.3 is 0 Å². The average molecular weight is 438 g/mol. The lowest BCUT2D eigenvalue weighted by Gasteiger charge is -2.13. The first-order valence-electron chi connectivity index (χ1n) is 5.74. The van der Waals surface area contributed by atoms with Gasteiger partial charge in [-0.2, -0.15) is 0 Å². The summed E-state index contributed by atoms with van der Waals surface area (Å²) in [7, 11) is -3.95. The number of nitrogens with two attached hydrogens (primary N) is 1. The molecule has 112 valence electrons. The number of nitrogens with one attached hydrogen (secondary N) is 1. The normalized spacial score (nSPS) is 11.4. The smallest absolute Gasteiger partial charge is 0.262 e. The number of nitrogen functional groups attached to an aromatic ring is 1. The molecule has 0 radical (unpaired) electrons. The van der Waals surface area contributed by atoms with Gasteiger partial charge in [-0.3, -0.25) is 4.72 Å². The van der Waals surface area contributed by atoms with Crippen LogP contribution in [0.25, 0.3) is 0 Å². The van der Waals surface area contributed by atoms with Crippen LogP contribution in [0.3, 0.4) is 0 Å². The van der Waals surface area contributed by atoms with Crippen LogP contribution in [0.5, 0.6) is 0 Å². The first-order chi connectivity index (χ1) is 9.70. The highest BCUT2D eigenvalue weighted by molar-refractivity contribution is 9.11. The fourth-order valence-electron chi connectivity index (χ4n) is 1.73. The molecule has 0 bridgehead atoms. The SMILES string of the molecule is Cc1c(F)cc(N)cc1S(=O)(=O)Nc1cc(Br)ccc1Br. The molecule has 0 aliphatic rings. The topological polar surface area (TPSA) is 72.2 Å². The summed E-state index contributed by atoms with van der Waals surface area (Å²) in [6.07, 6.45) is 0. The maximum absolute atomic E-state index is 13.7. The van der Waals surface area contributed by atoms with Crippen LogP contribution in [-0.4, -0.2) is 8.42 Å². The first-order valence-corrected chi connectivity index (χ1v) is 8.81. The predicted octanol–water partition coefficient (Wildman–Crippen LogP) is 4.04. The highest BCUT2D eigenvalue weighted by atomic mass is 79.9. The van der Waals surface area contributed by atoms with Crippen molar-refractivity contribution in [1.29, 1.82) is 0 Å². The highest BCUT2D eigenvalue weighted by Crippen LogP contribution is 2.30. The van der Waals surface area contributed by atoms with E-state index < -0.39 is 15.8 Å². The molecule has 0 amide bonds. The van der Waals surface area contributed by atoms with Gasteiger partial charge in [-0.05, 0) is 53.2 Å². The van der Waals surface area contributed by atoms with Gasteiger partial charge in [0.05, 0.1) is 10.6 Å². The third kappa shape index (κ3) is 3.56. The second-order valence-corrected chi connectivity index (χ2v) is 7.78. The summed E-state index contributed by atoms with van der Waals surface area (Å²) in [5.41, 5.74) is 5.93. The van der Waals surface area contributed by atoms with Crippen molar-refractivity contribution in [2.24, 2.45) is 0 Å². The molecule has 21 heavy (non-hydrogen) atoms. The van der Waals surface area contributed by atoms with Crippen molar-refractivity contribution in [3.05, 3.63) is 50.7 Å². The Bertz CT molecular complexity index is 810. The van der Waals surface area contributed by atoms with Gasteiger partial charge in [-0.25, -0.2) is 12.8 Å². The zero-order valence-electron chi connectivity index (χ0n) is 10.8. The zero-order valence-corrected chi connectivity index (χ0v) is 14.8. The van der Waals surface area contributed by atoms with Crippen molar-refractivity contribution < 1.29 is 12.8 Å². The molecule has 0 aliphatic heterocycles. The monoisotopic (exact) mass is 436 g/mol. The number of sulfonamides is 1. The maximum atomic E-state index is 13.7. The van der Waals surface area contributed by atoms with Crippen LogP contribution in [0, 0.1) is 12.7 Å². The van der Waals surface area contributed by atoms with Gasteiger partial charge in [0.25, 0.3) is 10.0 Å². The van der Waals surface area contributed by atoms with E-state index >= 15 is 0 Å². The second kappa shape index (κ2) is 5.94. The Labute approximate surface area is 138 Å². The largest absolute Gasteiger partial charge is 0.399 e. The van der Waals surface area contributed by atoms with Gasteiger partial charge < -0.3 is 5.73 Å². The molecule has 4 nitrogen and oxygen atoms in total. The molecule has 0 atom stereocenters. The molecule has 0 aromatic heterocycles. The minimum atomic E-state index is -3.95. The Hall–Kier alpha value is -1.12. The molecule has 3 N–H and O–H groups in total. The Balaban J connectivity index is 2.51. The van der Waals surface area contributed by atoms with E-state index in [2.05, 4.69) is 36.6 Å². The standard InChI is InChI=1S/C13H11Br2FN2O2S/c1-7-11(16)5-9(17)6-13(7)21(19,20)18-12-4-8(14)2-3-10(12)15/h2-6,18H,17H2,1H3. The molecule has 2 rings (SSSR count). The van der Waals surface area contributed by atoms with Crippen LogP contribution in [0.15, 0.2) is 44.2 Å². The number of anilines is 2. The molecule has 0 fully saturated rings. The lowest BCUT2D eigenvalue weighted by atomic mass is 10.2. The zero-order chi connectivity index (χ0) is 15.8. The van der Waals surface area contributed by atoms with Gasteiger partial charge in [0.1, 0.15) is 5.82 Å². The second-order valence-electron chi connectivity index (χ2n) is 4.36. The van der Waals surface area contributed by atoms with Crippen LogP contribution >= 0.6 is 31.9 Å². The van der Waals surface area contributed by atoms with Crippen molar-refractivity contribution in [1.82, 2.24) is 0 Å². The fraction of sp³-hybridized carbons (Fsp3) is 0.0769. The molecule has 8 heteroatoms. The van der Waals surface area contributed by atoms with Crippen LogP contribution in [0.4, 0.5) is 15.8 Å². The van der Waals surface area contributed by atoms with Crippen molar-refractivity contribution in [2.75, 3.05) is 10.5 Å². The van der Waals surface area contributed by atoms with E-state index in [9.17, 15) is 12.8 Å². The van der Waals surface area contributed by atoms with E-state index in [0.29, 0.717) is 14.6 Å². The third-order valence-electron chi connectivity index (χ3n) is 2.78. The lowest BCUT2D eigenvalue weighted by Crippen LogP contribution is -2.15. The quantitative estimate of drug-likeness (QED) is 0.711. The van der Waals surface area contributed by atoms with Gasteiger partial charge in [0.15, 0.2) is 0 Å². The summed E-state index contributed by atoms with van der Waals surface area (Å²) in [4.78, 5) is -0.188. The Morgan fingerprint density at radius 2 is 1.86 bits per heavy atom. The Morgan fingerprint density at radius 3 is 2.52 bits per heavy atom. The minimum absolute atomic E-state index is 0.0165. The molecule has 0 saturated carbocycles. The lowest BCUT2D eigenvalue weighted by molar-refractivity contribution is 0.591. The molecule has 0 heterocycles. The average Bonchev–Trinajstić information content (AvgIpc) is 2.37. The van der Waals surface area contributed by atoms with Crippen LogP contribution in [0.1, 0.15) is 5.56 Å². The summed E-state index contributed by atoms with van der Waals surface area (Å²) >= 11 is 6.52. The number of hydrogen-bond acceptors (Lipinski definition) is 3. The van der Waals surface area contributed by atoms with E-state index in [1.54, 1.807) is 18.2 Å². The molecular weight excluding hydrogens is 427 g/mol. The van der Waals surface area contributed by atoms with Gasteiger partial charge in [0, 0.05) is 20.2 Å². The number of rotatable bonds is 3. The fourth-order valence-corrected chi connectivity index (χ4v) is 3.93. The third-order valence-corrected chi connectivity index (χ3v) is 5.46. The van der Waals surface area contributed by atoms with Crippen LogP contribution in [0.2, 0.25) is 0 Å². The molecule has 0 spiro atoms. The van der Waals surface area contributed by atoms with E-state index in [0.717, 1.165) is 6.07 Å². The van der Waals surface area contributed by atoms with Crippen molar-refractivity contribution >= 4 is 53.3 Å². The van der Waals surface area contributed by atoms with Crippen molar-refractivity contribution in [3.8, 4) is 0 Å². The minimum Gasteiger partial charge on any atom is -0.399 e. The molecule has 0 unspecified atom stereocenters. The Kier molecular flexibility index (Phi) is 4.60. The van der Waals surface area contributed by atoms with Crippen molar-refractivity contribution in [2.45, 2.75) is 11.8 Å². The number of halogens is 3. The molecule has 2 aromatic carbocycles. The number of benzene rings is 2. The van der Waals surface area contributed by atoms with E-state index in [-0.39, 0.29) is 16.1 Å². The molecule has 2 aromatic rings. The summed E-state index contributed by atoms with van der Waals surface area (Å²) in [5, 5.41) is 0. The summed E-state index contributed by atoms with van der Waals surface area (Å²) in [5.74, 6) is -0.663. The van der Waals surface area contributed by atoms with E-state index in [1.165, 1.54) is 13.0 Å².